The van der Waals surface area contributed by atoms with E-state index in [0.29, 0.717) is 23.1 Å². The number of fused-ring (bicyclic) bond motifs is 1. The SMILES string of the molecule is Cc1ccccc1C(c1sc2nc(-c3ccco3)nn2c1O)N(C)CCO. The molecular weight excluding hydrogens is 364 g/mol. The van der Waals surface area contributed by atoms with Crippen LogP contribution in [0.1, 0.15) is 22.0 Å². The van der Waals surface area contributed by atoms with Gasteiger partial charge in [-0.25, -0.2) is 0 Å². The van der Waals surface area contributed by atoms with Crippen molar-refractivity contribution in [1.29, 1.82) is 0 Å². The number of aromatic nitrogens is 3. The van der Waals surface area contributed by atoms with E-state index < -0.39 is 0 Å². The van der Waals surface area contributed by atoms with E-state index in [4.69, 9.17) is 4.42 Å². The molecule has 0 bridgehead atoms. The predicted octanol–water partition coefficient (Wildman–Crippen LogP) is 3.08. The Morgan fingerprint density at radius 2 is 2.07 bits per heavy atom. The Bertz CT molecular complexity index is 1050. The Labute approximate surface area is 160 Å². The third-order valence-electron chi connectivity index (χ3n) is 4.57. The number of thiazole rings is 1. The van der Waals surface area contributed by atoms with E-state index in [0.717, 1.165) is 16.0 Å². The van der Waals surface area contributed by atoms with E-state index in [1.165, 1.54) is 15.9 Å². The molecular formula is C19H20N4O3S. The second-order valence-corrected chi connectivity index (χ2v) is 7.37. The van der Waals surface area contributed by atoms with Gasteiger partial charge in [-0.2, -0.15) is 9.50 Å². The number of nitrogens with zero attached hydrogens (tertiary/aromatic N) is 4. The van der Waals surface area contributed by atoms with Gasteiger partial charge in [-0.3, -0.25) is 4.90 Å². The van der Waals surface area contributed by atoms with Gasteiger partial charge in [-0.05, 0) is 37.2 Å². The first-order valence-electron chi connectivity index (χ1n) is 8.59. The Balaban J connectivity index is 1.82. The summed E-state index contributed by atoms with van der Waals surface area (Å²) in [6.45, 7) is 2.55. The van der Waals surface area contributed by atoms with Crippen molar-refractivity contribution in [3.05, 3.63) is 58.7 Å². The highest BCUT2D eigenvalue weighted by molar-refractivity contribution is 7.17. The lowest BCUT2D eigenvalue weighted by Crippen LogP contribution is -2.28. The van der Waals surface area contributed by atoms with Crippen molar-refractivity contribution in [2.24, 2.45) is 0 Å². The zero-order chi connectivity index (χ0) is 19.0. The number of aromatic hydroxyl groups is 1. The number of hydrogen-bond donors (Lipinski definition) is 2. The Morgan fingerprint density at radius 1 is 1.26 bits per heavy atom. The van der Waals surface area contributed by atoms with Crippen LogP contribution in [0.5, 0.6) is 5.88 Å². The molecule has 0 spiro atoms. The maximum absolute atomic E-state index is 10.9. The third kappa shape index (κ3) is 3.12. The van der Waals surface area contributed by atoms with Crippen LogP contribution in [0.2, 0.25) is 0 Å². The fourth-order valence-corrected chi connectivity index (χ4v) is 4.34. The summed E-state index contributed by atoms with van der Waals surface area (Å²) in [7, 11) is 1.93. The minimum Gasteiger partial charge on any atom is -0.492 e. The molecule has 3 heterocycles. The van der Waals surface area contributed by atoms with Gasteiger partial charge in [-0.1, -0.05) is 35.6 Å². The van der Waals surface area contributed by atoms with Gasteiger partial charge in [-0.15, -0.1) is 5.10 Å². The predicted molar refractivity (Wildman–Crippen MR) is 103 cm³/mol. The van der Waals surface area contributed by atoms with Gasteiger partial charge in [0.25, 0.3) is 0 Å². The first-order chi connectivity index (χ1) is 13.1. The lowest BCUT2D eigenvalue weighted by atomic mass is 9.99. The van der Waals surface area contributed by atoms with Crippen molar-refractivity contribution in [3.8, 4) is 17.5 Å². The standard InChI is InChI=1S/C19H20N4O3S/c1-12-6-3-4-7-13(12)15(22(2)9-10-24)16-18(25)23-19(27-16)20-17(21-23)14-8-5-11-26-14/h3-8,11,15,24-25H,9-10H2,1-2H3. The van der Waals surface area contributed by atoms with E-state index in [-0.39, 0.29) is 18.5 Å². The molecule has 8 heteroatoms. The molecule has 0 amide bonds. The number of benzene rings is 1. The van der Waals surface area contributed by atoms with E-state index in [1.54, 1.807) is 18.4 Å². The first kappa shape index (κ1) is 17.7. The Morgan fingerprint density at radius 3 is 2.74 bits per heavy atom. The normalized spacial score (nSPS) is 12.9. The second-order valence-electron chi connectivity index (χ2n) is 6.36. The molecule has 0 aliphatic rings. The molecule has 3 aromatic heterocycles. The number of aliphatic hydroxyl groups excluding tert-OH is 1. The van der Waals surface area contributed by atoms with Gasteiger partial charge in [0.05, 0.1) is 23.8 Å². The first-order valence-corrected chi connectivity index (χ1v) is 9.40. The number of likely N-dealkylation sites (N-methyl/N-ethyl adjacent to an activating group) is 1. The van der Waals surface area contributed by atoms with Gasteiger partial charge in [0.1, 0.15) is 0 Å². The average Bonchev–Trinajstić information content (AvgIpc) is 3.36. The van der Waals surface area contributed by atoms with Gasteiger partial charge >= 0.3 is 0 Å². The summed E-state index contributed by atoms with van der Waals surface area (Å²) in [6.07, 6.45) is 1.56. The summed E-state index contributed by atoms with van der Waals surface area (Å²) >= 11 is 1.38. The van der Waals surface area contributed by atoms with Crippen LogP contribution in [0.4, 0.5) is 0 Å². The van der Waals surface area contributed by atoms with Crippen LogP contribution in [0, 0.1) is 6.92 Å². The van der Waals surface area contributed by atoms with Crippen LogP contribution in [0.25, 0.3) is 16.5 Å². The van der Waals surface area contributed by atoms with Crippen molar-refractivity contribution in [2.75, 3.05) is 20.2 Å². The molecule has 140 valence electrons. The summed E-state index contributed by atoms with van der Waals surface area (Å²) in [4.78, 5) is 7.83. The van der Waals surface area contributed by atoms with Crippen molar-refractivity contribution in [2.45, 2.75) is 13.0 Å². The quantitative estimate of drug-likeness (QED) is 0.531. The fourth-order valence-electron chi connectivity index (χ4n) is 3.20. The van der Waals surface area contributed by atoms with E-state index in [1.807, 2.05) is 43.1 Å². The topological polar surface area (TPSA) is 87.0 Å². The smallest absolute Gasteiger partial charge is 0.230 e. The molecule has 0 radical (unpaired) electrons. The van der Waals surface area contributed by atoms with E-state index >= 15 is 0 Å². The summed E-state index contributed by atoms with van der Waals surface area (Å²) in [5.74, 6) is 1.04. The Hall–Kier alpha value is -2.68. The molecule has 1 unspecified atom stereocenters. The number of furan rings is 1. The largest absolute Gasteiger partial charge is 0.492 e. The van der Waals surface area contributed by atoms with Crippen molar-refractivity contribution < 1.29 is 14.6 Å². The van der Waals surface area contributed by atoms with Crippen LogP contribution in [0.15, 0.2) is 47.1 Å². The molecule has 0 saturated heterocycles. The summed E-state index contributed by atoms with van der Waals surface area (Å²) in [5.41, 5.74) is 2.18. The number of aliphatic hydroxyl groups is 1. The maximum Gasteiger partial charge on any atom is 0.230 e. The number of rotatable bonds is 6. The Kier molecular flexibility index (Phi) is 4.69. The molecule has 1 atom stereocenters. The highest BCUT2D eigenvalue weighted by Gasteiger charge is 2.28. The molecule has 4 rings (SSSR count). The minimum absolute atomic E-state index is 0.0308. The fraction of sp³-hybridized carbons (Fsp3) is 0.263. The van der Waals surface area contributed by atoms with E-state index in [2.05, 4.69) is 10.1 Å². The molecule has 4 aromatic rings. The number of aryl methyl sites for hydroxylation is 1. The zero-order valence-corrected chi connectivity index (χ0v) is 15.8. The minimum atomic E-state index is -0.209. The molecule has 0 aliphatic carbocycles. The van der Waals surface area contributed by atoms with Crippen molar-refractivity contribution in [1.82, 2.24) is 19.5 Å². The molecule has 0 fully saturated rings. The van der Waals surface area contributed by atoms with Gasteiger partial charge < -0.3 is 14.6 Å². The van der Waals surface area contributed by atoms with Gasteiger partial charge in [0.15, 0.2) is 5.76 Å². The van der Waals surface area contributed by atoms with Crippen LogP contribution in [-0.4, -0.2) is 49.9 Å². The summed E-state index contributed by atoms with van der Waals surface area (Å²) in [6, 6.07) is 11.4. The van der Waals surface area contributed by atoms with Crippen LogP contribution < -0.4 is 0 Å². The molecule has 1 aromatic carbocycles. The summed E-state index contributed by atoms with van der Waals surface area (Å²) < 4.78 is 6.78. The van der Waals surface area contributed by atoms with Gasteiger partial charge in [0, 0.05) is 6.54 Å². The maximum atomic E-state index is 10.9. The van der Waals surface area contributed by atoms with Crippen molar-refractivity contribution in [3.63, 3.8) is 0 Å². The number of hydrogen-bond acceptors (Lipinski definition) is 7. The lowest BCUT2D eigenvalue weighted by Gasteiger charge is -2.28. The van der Waals surface area contributed by atoms with Gasteiger partial charge in [0.2, 0.25) is 16.7 Å². The molecule has 2 N–H and O–H groups in total. The monoisotopic (exact) mass is 384 g/mol. The molecule has 27 heavy (non-hydrogen) atoms. The zero-order valence-electron chi connectivity index (χ0n) is 15.0. The average molecular weight is 384 g/mol. The summed E-state index contributed by atoms with van der Waals surface area (Å²) in [5, 5.41) is 24.7. The molecule has 7 nitrogen and oxygen atoms in total. The molecule has 0 saturated carbocycles. The highest BCUT2D eigenvalue weighted by atomic mass is 32.1. The third-order valence-corrected chi connectivity index (χ3v) is 5.64. The van der Waals surface area contributed by atoms with Crippen LogP contribution >= 0.6 is 11.3 Å². The second kappa shape index (κ2) is 7.15. The van der Waals surface area contributed by atoms with Crippen LogP contribution in [0.3, 0.4) is 0 Å². The lowest BCUT2D eigenvalue weighted by molar-refractivity contribution is 0.196. The van der Waals surface area contributed by atoms with Crippen molar-refractivity contribution >= 4 is 16.3 Å². The molecule has 0 aliphatic heterocycles. The van der Waals surface area contributed by atoms with Crippen LogP contribution in [-0.2, 0) is 0 Å². The highest BCUT2D eigenvalue weighted by Crippen LogP contribution is 2.40. The van der Waals surface area contributed by atoms with E-state index in [9.17, 15) is 10.2 Å².